The number of carbonyl (C=O) groups excluding carboxylic acids is 6. The number of fused-ring (bicyclic) bond motifs is 1. The minimum Gasteiger partial charge on any atom is -0.494 e. The van der Waals surface area contributed by atoms with Gasteiger partial charge < -0.3 is 45.8 Å². The molecule has 4 aromatic rings. The van der Waals surface area contributed by atoms with Crippen molar-refractivity contribution in [2.45, 2.75) is 104 Å². The van der Waals surface area contributed by atoms with Gasteiger partial charge in [-0.3, -0.25) is 33.7 Å². The van der Waals surface area contributed by atoms with Crippen LogP contribution in [0.25, 0.3) is 10.4 Å². The van der Waals surface area contributed by atoms with E-state index in [1.54, 1.807) is 53.7 Å². The minimum atomic E-state index is -0.907. The van der Waals surface area contributed by atoms with Gasteiger partial charge >= 0.3 is 0 Å². The fourth-order valence-corrected chi connectivity index (χ4v) is 11.0. The van der Waals surface area contributed by atoms with Gasteiger partial charge in [-0.1, -0.05) is 76.1 Å². The van der Waals surface area contributed by atoms with Crippen LogP contribution < -0.4 is 35.8 Å². The van der Waals surface area contributed by atoms with Crippen LogP contribution in [-0.2, 0) is 35.3 Å². The van der Waals surface area contributed by atoms with Crippen molar-refractivity contribution in [2.75, 3.05) is 66.8 Å². The van der Waals surface area contributed by atoms with Gasteiger partial charge in [0, 0.05) is 82.0 Å². The van der Waals surface area contributed by atoms with Gasteiger partial charge in [0.2, 0.25) is 35.5 Å². The van der Waals surface area contributed by atoms with Crippen molar-refractivity contribution in [2.24, 2.45) is 21.3 Å². The number of methoxy groups -OCH3 is 1. The van der Waals surface area contributed by atoms with Crippen LogP contribution in [0.4, 0.5) is 22.7 Å². The number of aromatic nitrogens is 1. The molecule has 5 N–H and O–H groups in total. The monoisotopic (exact) mass is 1080 g/mol. The fourth-order valence-electron chi connectivity index (χ4n) is 10.2. The largest absolute Gasteiger partial charge is 0.494 e. The summed E-state index contributed by atoms with van der Waals surface area (Å²) in [6.07, 6.45) is 5.44. The number of hydrogen-bond donors (Lipinski definition) is 5. The number of likely N-dealkylation sites (tertiary alicyclic amines) is 1. The van der Waals surface area contributed by atoms with E-state index in [-0.39, 0.29) is 61.4 Å². The Morgan fingerprint density at radius 2 is 1.68 bits per heavy atom. The van der Waals surface area contributed by atoms with Crippen LogP contribution in [0.1, 0.15) is 83.9 Å². The molecular weight excluding hydrogens is 1010 g/mol. The number of amidine groups is 1. The summed E-state index contributed by atoms with van der Waals surface area (Å²) in [5.74, 6) is -0.344. The zero-order valence-electron chi connectivity index (χ0n) is 45.3. The van der Waals surface area contributed by atoms with Crippen molar-refractivity contribution in [1.82, 2.24) is 25.4 Å². The van der Waals surface area contributed by atoms with Crippen molar-refractivity contribution >= 4 is 81.3 Å². The number of anilines is 4. The second kappa shape index (κ2) is 25.2. The molecule has 0 aliphatic carbocycles. The van der Waals surface area contributed by atoms with Gasteiger partial charge in [-0.2, -0.15) is 4.99 Å². The Morgan fingerprint density at radius 1 is 0.936 bits per heavy atom. The van der Waals surface area contributed by atoms with E-state index in [4.69, 9.17) is 14.7 Å². The molecule has 2 saturated heterocycles. The number of aliphatic hydroxyl groups excluding tert-OH is 1. The Morgan fingerprint density at radius 3 is 2.37 bits per heavy atom. The topological polar surface area (TPSA) is 231 Å². The van der Waals surface area contributed by atoms with Crippen molar-refractivity contribution in [3.63, 3.8) is 0 Å². The number of amides is 6. The Bertz CT molecular complexity index is 2990. The lowest BCUT2D eigenvalue weighted by Gasteiger charge is -2.36. The summed E-state index contributed by atoms with van der Waals surface area (Å²) in [6.45, 7) is 16.0. The molecule has 4 unspecified atom stereocenters. The third-order valence-corrected chi connectivity index (χ3v) is 15.5. The van der Waals surface area contributed by atoms with E-state index in [1.165, 1.54) is 11.0 Å². The number of unbranched alkanes of at least 4 members (excludes halogenated alkanes) is 3. The molecule has 8 rings (SSSR count). The maximum absolute atomic E-state index is 14.1. The number of thiazole rings is 1. The number of nitrogens with one attached hydrogen (secondary N) is 4. The lowest BCUT2D eigenvalue weighted by molar-refractivity contribution is -0.144. The number of rotatable bonds is 19. The number of piperazine rings is 1. The molecule has 5 heterocycles. The van der Waals surface area contributed by atoms with Crippen molar-refractivity contribution in [1.29, 1.82) is 0 Å². The number of aliphatic imine (C=N–C) groups is 2. The predicted octanol–water partition coefficient (Wildman–Crippen LogP) is 6.84. The first kappa shape index (κ1) is 56.5. The Kier molecular flexibility index (Phi) is 18.2. The van der Waals surface area contributed by atoms with E-state index in [0.717, 1.165) is 45.8 Å². The van der Waals surface area contributed by atoms with Gasteiger partial charge in [-0.25, -0.2) is 9.98 Å². The second-order valence-corrected chi connectivity index (χ2v) is 22.1. The standard InChI is InChI=1S/C58H71N11O8S/c1-8-48(71)62-40-14-13-15-42(29-40)69-51(74)28-36(2)44-33-60-57(65-54(44)69)63-45-23-22-41(30-47(45)77-7)66-24-26-67(27-25-66)50(73)17-12-10-9-11-16-49(72)64-53(58(4,5)6)56(76)68-34-43(70)31-46(68)55(75)59-32-38-18-20-39(21-19-38)52-37(3)61-35-78-52/h8,13-15,18-23,28-30,35,43-44,46,53,70H,1,9-12,16-17,24-27,31-34H2,2-7H3,(H,59,75)(H,60,63)(H,62,71)(H,64,72). The summed E-state index contributed by atoms with van der Waals surface area (Å²) in [4.78, 5) is 102. The zero-order valence-corrected chi connectivity index (χ0v) is 46.2. The number of guanidine groups is 1. The van der Waals surface area contributed by atoms with Crippen LogP contribution in [0.5, 0.6) is 5.75 Å². The van der Waals surface area contributed by atoms with Crippen molar-refractivity contribution in [3.8, 4) is 16.2 Å². The molecule has 4 aliphatic heterocycles. The van der Waals surface area contributed by atoms with Gasteiger partial charge in [-0.05, 0) is 79.6 Å². The summed E-state index contributed by atoms with van der Waals surface area (Å²) in [6, 6.07) is 18.9. The maximum Gasteiger partial charge on any atom is 0.256 e. The van der Waals surface area contributed by atoms with Gasteiger partial charge in [0.15, 0.2) is 0 Å². The molecule has 3 aromatic carbocycles. The number of benzene rings is 3. The van der Waals surface area contributed by atoms with Crippen LogP contribution in [0.3, 0.4) is 0 Å². The molecule has 2 fully saturated rings. The second-order valence-electron chi connectivity index (χ2n) is 21.2. The molecule has 0 bridgehead atoms. The number of ether oxygens (including phenoxy) is 1. The molecule has 19 nitrogen and oxygen atoms in total. The van der Waals surface area contributed by atoms with E-state index in [2.05, 4.69) is 37.7 Å². The van der Waals surface area contributed by atoms with Crippen LogP contribution in [0.2, 0.25) is 0 Å². The van der Waals surface area contributed by atoms with Crippen LogP contribution in [0.15, 0.2) is 107 Å². The highest BCUT2D eigenvalue weighted by molar-refractivity contribution is 7.13. The van der Waals surface area contributed by atoms with Gasteiger partial charge in [0.1, 0.15) is 23.7 Å². The van der Waals surface area contributed by atoms with Crippen LogP contribution in [-0.4, -0.2) is 132 Å². The van der Waals surface area contributed by atoms with Crippen LogP contribution in [0, 0.1) is 18.3 Å². The van der Waals surface area contributed by atoms with Gasteiger partial charge in [0.05, 0.1) is 53.1 Å². The summed E-state index contributed by atoms with van der Waals surface area (Å²) >= 11 is 1.57. The van der Waals surface area contributed by atoms with E-state index in [0.29, 0.717) is 86.6 Å². The Balaban J connectivity index is 0.758. The molecule has 6 amide bonds. The average molecular weight is 1080 g/mol. The van der Waals surface area contributed by atoms with Crippen molar-refractivity contribution < 1.29 is 38.6 Å². The predicted molar refractivity (Wildman–Crippen MR) is 304 cm³/mol. The summed E-state index contributed by atoms with van der Waals surface area (Å²) in [5.41, 5.74) is 7.56. The highest BCUT2D eigenvalue weighted by Gasteiger charge is 2.44. The normalized spacial score (nSPS) is 18.7. The van der Waals surface area contributed by atoms with Gasteiger partial charge in [-0.15, -0.1) is 11.3 Å². The first-order valence-corrected chi connectivity index (χ1v) is 27.5. The molecule has 78 heavy (non-hydrogen) atoms. The molecular formula is C58H71N11O8S. The molecule has 4 aliphatic rings. The molecule has 20 heteroatoms. The van der Waals surface area contributed by atoms with Gasteiger partial charge in [0.25, 0.3) is 5.91 Å². The number of nitrogens with zero attached hydrogens (tertiary/aromatic N) is 7. The highest BCUT2D eigenvalue weighted by Crippen LogP contribution is 2.34. The van der Waals surface area contributed by atoms with Crippen molar-refractivity contribution in [3.05, 3.63) is 108 Å². The van der Waals surface area contributed by atoms with Crippen LogP contribution >= 0.6 is 11.3 Å². The molecule has 0 saturated carbocycles. The molecule has 0 radical (unpaired) electrons. The Hall–Kier alpha value is -7.71. The SMILES string of the molecule is C=CC(=O)Nc1cccc(N2C(=O)C=C(C)C3CN=C(Nc4ccc(N5CCN(C(=O)CCCCCCC(=O)NC(C(=O)N6CC(O)CC6C(=O)NCc6ccc(-c7scnc7C)cc6)C(C)(C)C)CC5)cc4OC)N=C32)c1. The number of aryl methyl sites for hydroxylation is 1. The third-order valence-electron chi connectivity index (χ3n) is 14.5. The summed E-state index contributed by atoms with van der Waals surface area (Å²) in [5, 5.41) is 22.6. The average Bonchev–Trinajstić information content (AvgIpc) is 4.08. The lowest BCUT2D eigenvalue weighted by Crippen LogP contribution is -2.57. The number of aliphatic hydroxyl groups is 1. The molecule has 1 aromatic heterocycles. The number of hydrogen-bond acceptors (Lipinski definition) is 14. The van der Waals surface area contributed by atoms with E-state index in [1.807, 2.05) is 87.5 Å². The zero-order chi connectivity index (χ0) is 55.7. The maximum atomic E-state index is 14.1. The van der Waals surface area contributed by atoms with E-state index < -0.39 is 29.5 Å². The fraction of sp³-hybridized carbons (Fsp3) is 0.431. The number of carbonyl (C=O) groups is 6. The molecule has 4 atom stereocenters. The lowest BCUT2D eigenvalue weighted by atomic mass is 9.85. The minimum absolute atomic E-state index is 0.00100. The number of β-amino-alcohol motifs (C(OH)–C–C–N with tert-alkyl or cyclic N) is 1. The first-order chi connectivity index (χ1) is 37.4. The van der Waals surface area contributed by atoms with E-state index >= 15 is 0 Å². The van der Waals surface area contributed by atoms with E-state index in [9.17, 15) is 33.9 Å². The molecule has 0 spiro atoms. The summed E-state index contributed by atoms with van der Waals surface area (Å²) < 4.78 is 5.82. The Labute approximate surface area is 459 Å². The third kappa shape index (κ3) is 13.7. The summed E-state index contributed by atoms with van der Waals surface area (Å²) in [7, 11) is 1.59. The smallest absolute Gasteiger partial charge is 0.256 e. The highest BCUT2D eigenvalue weighted by atomic mass is 32.1. The molecule has 412 valence electrons. The first-order valence-electron chi connectivity index (χ1n) is 26.6. The quantitative estimate of drug-likeness (QED) is 0.0482.